The van der Waals surface area contributed by atoms with Crippen LogP contribution in [0.4, 0.5) is 0 Å². The summed E-state index contributed by atoms with van der Waals surface area (Å²) >= 11 is 0. The molecule has 1 aliphatic rings. The van der Waals surface area contributed by atoms with E-state index in [-0.39, 0.29) is 0 Å². The maximum Gasteiger partial charge on any atom is 0.0474 e. The highest BCUT2D eigenvalue weighted by molar-refractivity contribution is 4.85. The number of unbranched alkanes of at least 4 members (excludes halogenated alkanes) is 4. The highest BCUT2D eigenvalue weighted by Gasteiger charge is 2.27. The molecule has 0 aliphatic heterocycles. The molecule has 2 N–H and O–H groups in total. The summed E-state index contributed by atoms with van der Waals surface area (Å²) < 4.78 is 0. The molecular formula is C17H35NO. The van der Waals surface area contributed by atoms with Crippen LogP contribution in [0.1, 0.15) is 84.5 Å². The van der Waals surface area contributed by atoms with Crippen molar-refractivity contribution in [3.05, 3.63) is 0 Å². The summed E-state index contributed by atoms with van der Waals surface area (Å²) in [6.45, 7) is 4.92. The molecule has 1 aliphatic carbocycles. The van der Waals surface area contributed by atoms with E-state index < -0.39 is 0 Å². The second-order valence-electron chi connectivity index (χ2n) is 6.34. The van der Waals surface area contributed by atoms with Crippen LogP contribution >= 0.6 is 0 Å². The molecular weight excluding hydrogens is 234 g/mol. The van der Waals surface area contributed by atoms with Gasteiger partial charge in [-0.1, -0.05) is 58.8 Å². The van der Waals surface area contributed by atoms with Crippen LogP contribution in [0.3, 0.4) is 0 Å². The minimum atomic E-state index is 0.369. The summed E-state index contributed by atoms with van der Waals surface area (Å²) in [5, 5.41) is 13.3. The van der Waals surface area contributed by atoms with Crippen molar-refractivity contribution in [1.82, 2.24) is 5.32 Å². The van der Waals surface area contributed by atoms with Gasteiger partial charge in [0, 0.05) is 18.7 Å². The SMILES string of the molecule is CCCCCC(CCCCC)NC1CCCC1CO. The zero-order chi connectivity index (χ0) is 13.9. The van der Waals surface area contributed by atoms with Crippen LogP contribution in [-0.2, 0) is 0 Å². The summed E-state index contributed by atoms with van der Waals surface area (Å²) in [5.41, 5.74) is 0. The van der Waals surface area contributed by atoms with Crippen molar-refractivity contribution in [2.24, 2.45) is 5.92 Å². The van der Waals surface area contributed by atoms with E-state index in [2.05, 4.69) is 19.2 Å². The Morgan fingerprint density at radius 2 is 1.63 bits per heavy atom. The fourth-order valence-electron chi connectivity index (χ4n) is 3.37. The molecule has 2 heteroatoms. The maximum atomic E-state index is 9.44. The zero-order valence-corrected chi connectivity index (χ0v) is 13.2. The van der Waals surface area contributed by atoms with Gasteiger partial charge in [0.15, 0.2) is 0 Å². The Kier molecular flexibility index (Phi) is 9.54. The van der Waals surface area contributed by atoms with Crippen molar-refractivity contribution in [2.75, 3.05) is 6.61 Å². The molecule has 0 aromatic carbocycles. The molecule has 1 fully saturated rings. The predicted molar refractivity (Wildman–Crippen MR) is 83.4 cm³/mol. The molecule has 0 radical (unpaired) electrons. The maximum absolute atomic E-state index is 9.44. The van der Waals surface area contributed by atoms with Crippen molar-refractivity contribution >= 4 is 0 Å². The molecule has 0 aromatic heterocycles. The van der Waals surface area contributed by atoms with E-state index in [9.17, 15) is 5.11 Å². The van der Waals surface area contributed by atoms with Crippen molar-refractivity contribution in [1.29, 1.82) is 0 Å². The van der Waals surface area contributed by atoms with Gasteiger partial charge in [0.1, 0.15) is 0 Å². The first-order chi connectivity index (χ1) is 9.31. The van der Waals surface area contributed by atoms with Crippen LogP contribution in [0.2, 0.25) is 0 Å². The average Bonchev–Trinajstić information content (AvgIpc) is 2.86. The summed E-state index contributed by atoms with van der Waals surface area (Å²) in [7, 11) is 0. The van der Waals surface area contributed by atoms with Crippen LogP contribution in [-0.4, -0.2) is 23.8 Å². The van der Waals surface area contributed by atoms with Crippen molar-refractivity contribution < 1.29 is 5.11 Å². The largest absolute Gasteiger partial charge is 0.396 e. The highest BCUT2D eigenvalue weighted by atomic mass is 16.3. The lowest BCUT2D eigenvalue weighted by Crippen LogP contribution is -2.41. The van der Waals surface area contributed by atoms with Gasteiger partial charge in [-0.15, -0.1) is 0 Å². The summed E-state index contributed by atoms with van der Waals surface area (Å²) in [4.78, 5) is 0. The molecule has 0 saturated heterocycles. The van der Waals surface area contributed by atoms with E-state index in [1.54, 1.807) is 0 Å². The standard InChI is InChI=1S/C17H35NO/c1-3-5-7-11-16(12-8-6-4-2)18-17-13-9-10-15(17)14-19/h15-19H,3-14H2,1-2H3. The molecule has 1 rings (SSSR count). The van der Waals surface area contributed by atoms with E-state index >= 15 is 0 Å². The molecule has 1 saturated carbocycles. The average molecular weight is 269 g/mol. The monoisotopic (exact) mass is 269 g/mol. The smallest absolute Gasteiger partial charge is 0.0474 e. The third kappa shape index (κ3) is 6.76. The molecule has 0 spiro atoms. The van der Waals surface area contributed by atoms with Crippen LogP contribution < -0.4 is 5.32 Å². The van der Waals surface area contributed by atoms with Gasteiger partial charge >= 0.3 is 0 Å². The quantitative estimate of drug-likeness (QED) is 0.549. The van der Waals surface area contributed by atoms with E-state index in [4.69, 9.17) is 0 Å². The zero-order valence-electron chi connectivity index (χ0n) is 13.2. The Labute approximate surface area is 120 Å². The first-order valence-electron chi connectivity index (χ1n) is 8.68. The lowest BCUT2D eigenvalue weighted by molar-refractivity contribution is 0.196. The Hall–Kier alpha value is -0.0800. The van der Waals surface area contributed by atoms with Crippen LogP contribution in [0.5, 0.6) is 0 Å². The van der Waals surface area contributed by atoms with Crippen molar-refractivity contribution in [3.63, 3.8) is 0 Å². The molecule has 2 nitrogen and oxygen atoms in total. The third-order valence-electron chi connectivity index (χ3n) is 4.66. The third-order valence-corrected chi connectivity index (χ3v) is 4.66. The predicted octanol–water partition coefficient (Wildman–Crippen LogP) is 4.27. The first-order valence-corrected chi connectivity index (χ1v) is 8.68. The first kappa shape index (κ1) is 17.0. The molecule has 0 bridgehead atoms. The summed E-state index contributed by atoms with van der Waals surface area (Å²) in [6.07, 6.45) is 14.5. The topological polar surface area (TPSA) is 32.3 Å². The fourth-order valence-corrected chi connectivity index (χ4v) is 3.37. The van der Waals surface area contributed by atoms with Gasteiger partial charge in [-0.05, 0) is 31.6 Å². The molecule has 0 amide bonds. The Bertz CT molecular complexity index is 197. The molecule has 2 unspecified atom stereocenters. The van der Waals surface area contributed by atoms with Crippen LogP contribution in [0.25, 0.3) is 0 Å². The second-order valence-corrected chi connectivity index (χ2v) is 6.34. The van der Waals surface area contributed by atoms with Gasteiger partial charge in [-0.25, -0.2) is 0 Å². The van der Waals surface area contributed by atoms with Gasteiger partial charge in [0.05, 0.1) is 0 Å². The molecule has 19 heavy (non-hydrogen) atoms. The van der Waals surface area contributed by atoms with Gasteiger partial charge in [0.25, 0.3) is 0 Å². The molecule has 2 atom stereocenters. The van der Waals surface area contributed by atoms with Gasteiger partial charge < -0.3 is 10.4 Å². The Morgan fingerprint density at radius 3 is 2.16 bits per heavy atom. The van der Waals surface area contributed by atoms with E-state index in [1.165, 1.54) is 70.6 Å². The van der Waals surface area contributed by atoms with Crippen molar-refractivity contribution in [3.8, 4) is 0 Å². The number of rotatable bonds is 11. The van der Waals surface area contributed by atoms with E-state index in [0.717, 1.165) is 0 Å². The lowest BCUT2D eigenvalue weighted by atomic mass is 9.98. The Balaban J connectivity index is 2.33. The van der Waals surface area contributed by atoms with Crippen LogP contribution in [0.15, 0.2) is 0 Å². The number of hydrogen-bond donors (Lipinski definition) is 2. The second kappa shape index (κ2) is 10.7. The minimum Gasteiger partial charge on any atom is -0.396 e. The highest BCUT2D eigenvalue weighted by Crippen LogP contribution is 2.26. The summed E-state index contributed by atoms with van der Waals surface area (Å²) in [6, 6.07) is 1.27. The fraction of sp³-hybridized carbons (Fsp3) is 1.00. The molecule has 0 heterocycles. The van der Waals surface area contributed by atoms with Gasteiger partial charge in [-0.3, -0.25) is 0 Å². The van der Waals surface area contributed by atoms with E-state index in [0.29, 0.717) is 24.6 Å². The van der Waals surface area contributed by atoms with Gasteiger partial charge in [-0.2, -0.15) is 0 Å². The minimum absolute atomic E-state index is 0.369. The molecule has 0 aromatic rings. The number of nitrogens with one attached hydrogen (secondary N) is 1. The lowest BCUT2D eigenvalue weighted by Gasteiger charge is -2.26. The molecule has 114 valence electrons. The Morgan fingerprint density at radius 1 is 1.00 bits per heavy atom. The van der Waals surface area contributed by atoms with Crippen LogP contribution in [0, 0.1) is 5.92 Å². The number of hydrogen-bond acceptors (Lipinski definition) is 2. The van der Waals surface area contributed by atoms with Gasteiger partial charge in [0.2, 0.25) is 0 Å². The number of aliphatic hydroxyl groups is 1. The summed E-state index contributed by atoms with van der Waals surface area (Å²) in [5.74, 6) is 0.514. The van der Waals surface area contributed by atoms with E-state index in [1.807, 2.05) is 0 Å². The number of aliphatic hydroxyl groups excluding tert-OH is 1. The van der Waals surface area contributed by atoms with Crippen molar-refractivity contribution in [2.45, 2.75) is 96.6 Å². The normalized spacial score (nSPS) is 23.4.